The minimum Gasteiger partial charge on any atom is -0.495 e. The lowest BCUT2D eigenvalue weighted by atomic mass is 10.1. The summed E-state index contributed by atoms with van der Waals surface area (Å²) in [4.78, 5) is 20.9. The molecule has 1 fully saturated rings. The molecule has 16 heavy (non-hydrogen) atoms. The number of carbonyl (C=O) groups is 1. The Morgan fingerprint density at radius 3 is 2.81 bits per heavy atom. The maximum absolute atomic E-state index is 10.8. The van der Waals surface area contributed by atoms with Crippen LogP contribution in [-0.4, -0.2) is 34.3 Å². The molecule has 2 N–H and O–H groups in total. The van der Waals surface area contributed by atoms with Gasteiger partial charge in [-0.1, -0.05) is 0 Å². The fourth-order valence-electron chi connectivity index (χ4n) is 1.53. The van der Waals surface area contributed by atoms with Gasteiger partial charge >= 0.3 is 5.97 Å². The number of hydrogen-bond donors (Lipinski definition) is 2. The second kappa shape index (κ2) is 4.09. The fraction of sp³-hybridized carbons (Fsp3) is 0.667. The molecule has 2 atom stereocenters. The van der Waals surface area contributed by atoms with Crippen molar-refractivity contribution in [3.63, 3.8) is 0 Å². The lowest BCUT2D eigenvalue weighted by Crippen LogP contribution is -2.49. The lowest BCUT2D eigenvalue weighted by Gasteiger charge is -2.23. The van der Waals surface area contributed by atoms with E-state index in [1.54, 1.807) is 0 Å². The van der Waals surface area contributed by atoms with Crippen molar-refractivity contribution in [1.82, 2.24) is 5.32 Å². The molecular formula is C9H12N2O5. The Hall–Kier alpha value is -1.63. The maximum atomic E-state index is 10.8. The monoisotopic (exact) mass is 228 g/mol. The summed E-state index contributed by atoms with van der Waals surface area (Å²) in [6, 6.07) is -0.950. The Kier molecular flexibility index (Phi) is 2.78. The normalized spacial score (nSPS) is 29.4. The summed E-state index contributed by atoms with van der Waals surface area (Å²) >= 11 is 0. The molecule has 0 spiro atoms. The average molecular weight is 228 g/mol. The van der Waals surface area contributed by atoms with E-state index in [4.69, 9.17) is 9.84 Å². The van der Waals surface area contributed by atoms with Crippen LogP contribution in [0.3, 0.4) is 0 Å². The number of ether oxygens (including phenoxy) is 1. The second-order valence-corrected chi connectivity index (χ2v) is 3.94. The highest BCUT2D eigenvalue weighted by molar-refractivity contribution is 5.74. The van der Waals surface area contributed by atoms with E-state index in [1.807, 2.05) is 0 Å². The SMILES string of the molecule is O=C(O)C1CC(OC2CC2)=CC([N+](=O)[O-])N1. The molecule has 0 bridgehead atoms. The van der Waals surface area contributed by atoms with Gasteiger partial charge < -0.3 is 9.84 Å². The molecule has 0 amide bonds. The van der Waals surface area contributed by atoms with Gasteiger partial charge in [0.2, 0.25) is 0 Å². The number of carboxylic acids is 1. The summed E-state index contributed by atoms with van der Waals surface area (Å²) in [5.74, 6) is -0.688. The summed E-state index contributed by atoms with van der Waals surface area (Å²) in [5, 5.41) is 21.9. The summed E-state index contributed by atoms with van der Waals surface area (Å²) in [6.07, 6.45) is 2.32. The van der Waals surface area contributed by atoms with Gasteiger partial charge in [0.15, 0.2) is 0 Å². The molecule has 0 radical (unpaired) electrons. The van der Waals surface area contributed by atoms with Crippen LogP contribution in [0, 0.1) is 10.1 Å². The van der Waals surface area contributed by atoms with Crippen molar-refractivity contribution in [3.8, 4) is 0 Å². The number of hydrogen-bond acceptors (Lipinski definition) is 5. The van der Waals surface area contributed by atoms with Crippen molar-refractivity contribution in [2.75, 3.05) is 0 Å². The molecule has 1 heterocycles. The third kappa shape index (κ3) is 2.48. The lowest BCUT2D eigenvalue weighted by molar-refractivity contribution is -0.517. The molecule has 2 unspecified atom stereocenters. The number of rotatable bonds is 4. The summed E-state index contributed by atoms with van der Waals surface area (Å²) < 4.78 is 5.42. The van der Waals surface area contributed by atoms with Crippen molar-refractivity contribution >= 4 is 5.97 Å². The molecule has 0 aromatic carbocycles. The van der Waals surface area contributed by atoms with Gasteiger partial charge in [-0.2, -0.15) is 0 Å². The molecule has 2 rings (SSSR count). The average Bonchev–Trinajstić information content (AvgIpc) is 3.01. The fourth-order valence-corrected chi connectivity index (χ4v) is 1.53. The van der Waals surface area contributed by atoms with Crippen molar-refractivity contribution in [2.24, 2.45) is 0 Å². The number of carboxylic acid groups (broad SMARTS) is 1. The van der Waals surface area contributed by atoms with E-state index in [2.05, 4.69) is 5.32 Å². The Balaban J connectivity index is 2.08. The Morgan fingerprint density at radius 2 is 2.31 bits per heavy atom. The van der Waals surface area contributed by atoms with E-state index in [0.717, 1.165) is 12.8 Å². The minimum atomic E-state index is -1.18. The first kappa shape index (κ1) is 10.9. The van der Waals surface area contributed by atoms with Crippen LogP contribution < -0.4 is 5.32 Å². The van der Waals surface area contributed by atoms with Gasteiger partial charge in [0, 0.05) is 17.4 Å². The maximum Gasteiger partial charge on any atom is 0.321 e. The molecule has 2 aliphatic rings. The van der Waals surface area contributed by atoms with Gasteiger partial charge in [-0.3, -0.25) is 14.9 Å². The molecule has 1 saturated carbocycles. The van der Waals surface area contributed by atoms with E-state index < -0.39 is 23.1 Å². The van der Waals surface area contributed by atoms with E-state index in [-0.39, 0.29) is 12.5 Å². The van der Waals surface area contributed by atoms with Crippen LogP contribution in [0.15, 0.2) is 11.8 Å². The Morgan fingerprint density at radius 1 is 1.62 bits per heavy atom. The largest absolute Gasteiger partial charge is 0.495 e. The van der Waals surface area contributed by atoms with Crippen molar-refractivity contribution in [1.29, 1.82) is 0 Å². The Bertz CT molecular complexity index is 350. The van der Waals surface area contributed by atoms with Crippen LogP contribution in [0.4, 0.5) is 0 Å². The van der Waals surface area contributed by atoms with Crippen LogP contribution in [0.25, 0.3) is 0 Å². The standard InChI is InChI=1S/C9H12N2O5/c12-9(13)7-3-6(16-5-1-2-5)4-8(10-7)11(14)15/h4-5,7-8,10H,1-3H2,(H,12,13). The zero-order chi connectivity index (χ0) is 11.7. The zero-order valence-corrected chi connectivity index (χ0v) is 8.46. The number of nitrogens with one attached hydrogen (secondary N) is 1. The van der Waals surface area contributed by atoms with Gasteiger partial charge in [-0.15, -0.1) is 0 Å². The minimum absolute atomic E-state index is 0.117. The quantitative estimate of drug-likeness (QED) is 0.522. The van der Waals surface area contributed by atoms with Crippen LogP contribution in [0.2, 0.25) is 0 Å². The predicted molar refractivity (Wildman–Crippen MR) is 52.1 cm³/mol. The summed E-state index contributed by atoms with van der Waals surface area (Å²) in [5.41, 5.74) is 0. The number of aliphatic carboxylic acids is 1. The van der Waals surface area contributed by atoms with Crippen LogP contribution in [0.1, 0.15) is 19.3 Å². The smallest absolute Gasteiger partial charge is 0.321 e. The van der Waals surface area contributed by atoms with Crippen molar-refractivity contribution in [3.05, 3.63) is 21.9 Å². The molecule has 0 saturated heterocycles. The first-order valence-electron chi connectivity index (χ1n) is 5.06. The highest BCUT2D eigenvalue weighted by Gasteiger charge is 2.35. The Labute approximate surface area is 91.2 Å². The summed E-state index contributed by atoms with van der Waals surface area (Å²) in [7, 11) is 0. The molecule has 7 heteroatoms. The van der Waals surface area contributed by atoms with Gasteiger partial charge in [0.05, 0.1) is 6.10 Å². The van der Waals surface area contributed by atoms with E-state index >= 15 is 0 Å². The van der Waals surface area contributed by atoms with Gasteiger partial charge in [0.1, 0.15) is 11.8 Å². The highest BCUT2D eigenvalue weighted by atomic mass is 16.6. The van der Waals surface area contributed by atoms with Crippen LogP contribution in [0.5, 0.6) is 0 Å². The predicted octanol–water partition coefficient (Wildman–Crippen LogP) is 0.0986. The van der Waals surface area contributed by atoms with Crippen molar-refractivity contribution in [2.45, 2.75) is 37.6 Å². The van der Waals surface area contributed by atoms with E-state index in [9.17, 15) is 14.9 Å². The highest BCUT2D eigenvalue weighted by Crippen LogP contribution is 2.29. The molecular weight excluding hydrogens is 216 g/mol. The van der Waals surface area contributed by atoms with Gasteiger partial charge in [-0.05, 0) is 12.8 Å². The molecule has 7 nitrogen and oxygen atoms in total. The van der Waals surface area contributed by atoms with Crippen molar-refractivity contribution < 1.29 is 19.6 Å². The molecule has 1 aliphatic carbocycles. The second-order valence-electron chi connectivity index (χ2n) is 3.94. The first-order chi connectivity index (χ1) is 7.56. The zero-order valence-electron chi connectivity index (χ0n) is 8.46. The van der Waals surface area contributed by atoms with Gasteiger partial charge in [-0.25, -0.2) is 5.32 Å². The van der Waals surface area contributed by atoms with E-state index in [0.29, 0.717) is 5.76 Å². The van der Waals surface area contributed by atoms with Gasteiger partial charge in [0.25, 0.3) is 6.17 Å². The number of nitrogens with zero attached hydrogens (tertiary/aromatic N) is 1. The summed E-state index contributed by atoms with van der Waals surface area (Å²) in [6.45, 7) is 0. The van der Waals surface area contributed by atoms with Crippen LogP contribution in [-0.2, 0) is 9.53 Å². The molecule has 88 valence electrons. The topological polar surface area (TPSA) is 102 Å². The first-order valence-corrected chi connectivity index (χ1v) is 5.06. The van der Waals surface area contributed by atoms with Crippen LogP contribution >= 0.6 is 0 Å². The third-order valence-corrected chi connectivity index (χ3v) is 2.49. The molecule has 0 aromatic rings. The third-order valence-electron chi connectivity index (χ3n) is 2.49. The number of nitro groups is 1. The van der Waals surface area contributed by atoms with E-state index in [1.165, 1.54) is 6.08 Å². The molecule has 1 aliphatic heterocycles. The molecule has 0 aromatic heterocycles.